The Kier molecular flexibility index (Phi) is 7.53. The Morgan fingerprint density at radius 2 is 1.56 bits per heavy atom. The number of amides is 1. The van der Waals surface area contributed by atoms with Gasteiger partial charge in [0, 0.05) is 12.7 Å². The van der Waals surface area contributed by atoms with Crippen molar-refractivity contribution in [2.24, 2.45) is 5.92 Å². The zero-order chi connectivity index (χ0) is 23.1. The van der Waals surface area contributed by atoms with E-state index < -0.39 is 10.0 Å². The normalized spacial score (nSPS) is 11.2. The summed E-state index contributed by atoms with van der Waals surface area (Å²) in [5.74, 6) is 0.711. The minimum atomic E-state index is -3.71. The molecule has 3 aromatic carbocycles. The highest BCUT2D eigenvalue weighted by Crippen LogP contribution is 2.24. The molecule has 32 heavy (non-hydrogen) atoms. The zero-order valence-corrected chi connectivity index (χ0v) is 19.3. The SMILES string of the molecule is CC(C)CCOc1ccccc1C(=O)Nc1ccc(S(=O)(=O)N(C)c2ccccc2)cc1. The minimum Gasteiger partial charge on any atom is -0.493 e. The molecule has 0 aliphatic heterocycles. The first-order valence-electron chi connectivity index (χ1n) is 10.5. The lowest BCUT2D eigenvalue weighted by molar-refractivity contribution is 0.102. The molecule has 6 nitrogen and oxygen atoms in total. The minimum absolute atomic E-state index is 0.138. The highest BCUT2D eigenvalue weighted by atomic mass is 32.2. The van der Waals surface area contributed by atoms with Gasteiger partial charge in [0.25, 0.3) is 15.9 Å². The van der Waals surface area contributed by atoms with Crippen LogP contribution in [0.3, 0.4) is 0 Å². The van der Waals surface area contributed by atoms with Gasteiger partial charge in [-0.05, 0) is 60.9 Å². The van der Waals surface area contributed by atoms with E-state index in [0.29, 0.717) is 35.2 Å². The van der Waals surface area contributed by atoms with Crippen molar-refractivity contribution in [3.8, 4) is 5.75 Å². The second-order valence-electron chi connectivity index (χ2n) is 7.81. The van der Waals surface area contributed by atoms with Gasteiger partial charge < -0.3 is 10.1 Å². The molecular formula is C25H28N2O4S. The van der Waals surface area contributed by atoms with Gasteiger partial charge in [-0.25, -0.2) is 8.42 Å². The monoisotopic (exact) mass is 452 g/mol. The first-order valence-corrected chi connectivity index (χ1v) is 11.9. The Morgan fingerprint density at radius 1 is 0.938 bits per heavy atom. The van der Waals surface area contributed by atoms with Crippen molar-refractivity contribution in [2.75, 3.05) is 23.3 Å². The molecule has 0 aliphatic carbocycles. The number of nitrogens with one attached hydrogen (secondary N) is 1. The van der Waals surface area contributed by atoms with E-state index in [1.807, 2.05) is 12.1 Å². The van der Waals surface area contributed by atoms with Gasteiger partial charge in [-0.2, -0.15) is 0 Å². The largest absolute Gasteiger partial charge is 0.493 e. The quantitative estimate of drug-likeness (QED) is 0.485. The van der Waals surface area contributed by atoms with Gasteiger partial charge in [0.15, 0.2) is 0 Å². The third-order valence-electron chi connectivity index (χ3n) is 4.97. The second kappa shape index (κ2) is 10.3. The van der Waals surface area contributed by atoms with Crippen LogP contribution in [0.25, 0.3) is 0 Å². The number of carbonyl (C=O) groups excluding carboxylic acids is 1. The molecule has 7 heteroatoms. The maximum Gasteiger partial charge on any atom is 0.264 e. The van der Waals surface area contributed by atoms with Gasteiger partial charge in [-0.15, -0.1) is 0 Å². The number of benzene rings is 3. The number of hydrogen-bond donors (Lipinski definition) is 1. The fraction of sp³-hybridized carbons (Fsp3) is 0.240. The van der Waals surface area contributed by atoms with E-state index >= 15 is 0 Å². The Hall–Kier alpha value is -3.32. The summed E-state index contributed by atoms with van der Waals surface area (Å²) in [6, 6.07) is 22.0. The summed E-state index contributed by atoms with van der Waals surface area (Å²) in [7, 11) is -2.20. The molecule has 3 rings (SSSR count). The molecule has 1 amide bonds. The van der Waals surface area contributed by atoms with Crippen LogP contribution in [-0.4, -0.2) is 28.0 Å². The molecular weight excluding hydrogens is 424 g/mol. The third kappa shape index (κ3) is 5.68. The Labute approximate surface area is 189 Å². The van der Waals surface area contributed by atoms with Crippen molar-refractivity contribution in [1.82, 2.24) is 0 Å². The molecule has 0 bridgehead atoms. The van der Waals surface area contributed by atoms with Crippen LogP contribution in [-0.2, 0) is 10.0 Å². The fourth-order valence-electron chi connectivity index (χ4n) is 3.03. The van der Waals surface area contributed by atoms with Crippen molar-refractivity contribution < 1.29 is 17.9 Å². The van der Waals surface area contributed by atoms with Crippen LogP contribution >= 0.6 is 0 Å². The van der Waals surface area contributed by atoms with Crippen molar-refractivity contribution in [3.05, 3.63) is 84.4 Å². The van der Waals surface area contributed by atoms with Gasteiger partial charge in [-0.1, -0.05) is 44.2 Å². The molecule has 0 spiro atoms. The van der Waals surface area contributed by atoms with Crippen LogP contribution < -0.4 is 14.4 Å². The summed E-state index contributed by atoms with van der Waals surface area (Å²) in [5, 5.41) is 2.81. The highest BCUT2D eigenvalue weighted by molar-refractivity contribution is 7.92. The number of sulfonamides is 1. The van der Waals surface area contributed by atoms with Gasteiger partial charge in [-0.3, -0.25) is 9.10 Å². The number of carbonyl (C=O) groups is 1. The molecule has 1 N–H and O–H groups in total. The first kappa shape index (κ1) is 23.3. The molecule has 0 aromatic heterocycles. The zero-order valence-electron chi connectivity index (χ0n) is 18.5. The summed E-state index contributed by atoms with van der Waals surface area (Å²) in [4.78, 5) is 12.9. The fourth-order valence-corrected chi connectivity index (χ4v) is 4.22. The standard InChI is InChI=1S/C25H28N2O4S/c1-19(2)17-18-31-24-12-8-7-11-23(24)25(28)26-20-13-15-22(16-14-20)32(29,30)27(3)21-9-5-4-6-10-21/h4-16,19H,17-18H2,1-3H3,(H,26,28). The van der Waals surface area contributed by atoms with E-state index in [0.717, 1.165) is 6.42 Å². The lowest BCUT2D eigenvalue weighted by Gasteiger charge is -2.19. The van der Waals surface area contributed by atoms with Crippen LogP contribution in [0.2, 0.25) is 0 Å². The van der Waals surface area contributed by atoms with E-state index in [1.165, 1.54) is 23.5 Å². The van der Waals surface area contributed by atoms with Gasteiger partial charge in [0.1, 0.15) is 5.75 Å². The summed E-state index contributed by atoms with van der Waals surface area (Å²) in [6.45, 7) is 4.76. The first-order chi connectivity index (χ1) is 15.3. The van der Waals surface area contributed by atoms with Gasteiger partial charge in [0.2, 0.25) is 0 Å². The molecule has 0 saturated heterocycles. The maximum atomic E-state index is 12.9. The average molecular weight is 453 g/mol. The topological polar surface area (TPSA) is 75.7 Å². The Morgan fingerprint density at radius 3 is 2.22 bits per heavy atom. The van der Waals surface area contributed by atoms with E-state index in [1.54, 1.807) is 54.6 Å². The van der Waals surface area contributed by atoms with Crippen LogP contribution in [0.1, 0.15) is 30.6 Å². The third-order valence-corrected chi connectivity index (χ3v) is 6.77. The number of hydrogen-bond acceptors (Lipinski definition) is 4. The number of rotatable bonds is 9. The molecule has 168 valence electrons. The average Bonchev–Trinajstić information content (AvgIpc) is 2.79. The molecule has 0 radical (unpaired) electrons. The molecule has 3 aromatic rings. The predicted molar refractivity (Wildman–Crippen MR) is 128 cm³/mol. The predicted octanol–water partition coefficient (Wildman–Crippen LogP) is 5.19. The molecule has 0 fully saturated rings. The van der Waals surface area contributed by atoms with Crippen LogP contribution in [0, 0.1) is 5.92 Å². The highest BCUT2D eigenvalue weighted by Gasteiger charge is 2.21. The summed E-state index contributed by atoms with van der Waals surface area (Å²) in [5.41, 5.74) is 1.49. The van der Waals surface area contributed by atoms with Crippen LogP contribution in [0.15, 0.2) is 83.8 Å². The van der Waals surface area contributed by atoms with Crippen LogP contribution in [0.5, 0.6) is 5.75 Å². The number of para-hydroxylation sites is 2. The second-order valence-corrected chi connectivity index (χ2v) is 9.78. The maximum absolute atomic E-state index is 12.9. The summed E-state index contributed by atoms with van der Waals surface area (Å²) >= 11 is 0. The van der Waals surface area contributed by atoms with E-state index in [9.17, 15) is 13.2 Å². The molecule has 0 unspecified atom stereocenters. The van der Waals surface area contributed by atoms with Crippen molar-refractivity contribution in [3.63, 3.8) is 0 Å². The number of nitrogens with zero attached hydrogens (tertiary/aromatic N) is 1. The Bertz CT molecular complexity index is 1140. The van der Waals surface area contributed by atoms with E-state index in [2.05, 4.69) is 19.2 Å². The number of ether oxygens (including phenoxy) is 1. The van der Waals surface area contributed by atoms with E-state index in [-0.39, 0.29) is 10.8 Å². The molecule has 0 atom stereocenters. The van der Waals surface area contributed by atoms with Gasteiger partial charge in [0.05, 0.1) is 22.8 Å². The van der Waals surface area contributed by atoms with Crippen molar-refractivity contribution in [1.29, 1.82) is 0 Å². The number of anilines is 2. The molecule has 0 saturated carbocycles. The smallest absolute Gasteiger partial charge is 0.264 e. The van der Waals surface area contributed by atoms with Crippen molar-refractivity contribution >= 4 is 27.3 Å². The van der Waals surface area contributed by atoms with E-state index in [4.69, 9.17) is 4.74 Å². The summed E-state index contributed by atoms with van der Waals surface area (Å²) in [6.07, 6.45) is 0.892. The lowest BCUT2D eigenvalue weighted by atomic mass is 10.1. The Balaban J connectivity index is 1.72. The molecule has 0 heterocycles. The summed E-state index contributed by atoms with van der Waals surface area (Å²) < 4.78 is 32.8. The lowest BCUT2D eigenvalue weighted by Crippen LogP contribution is -2.26. The molecule has 0 aliphatic rings. The van der Waals surface area contributed by atoms with Crippen LogP contribution in [0.4, 0.5) is 11.4 Å². The van der Waals surface area contributed by atoms with Gasteiger partial charge >= 0.3 is 0 Å². The van der Waals surface area contributed by atoms with Crippen molar-refractivity contribution in [2.45, 2.75) is 25.2 Å².